The van der Waals surface area contributed by atoms with E-state index in [1.54, 1.807) is 0 Å². The van der Waals surface area contributed by atoms with Crippen LogP contribution in [0.25, 0.3) is 0 Å². The SMILES string of the molecule is CC(C)[C@@H]1C[C@]1(O)C(C)(C)C. The van der Waals surface area contributed by atoms with Crippen LogP contribution in [0.3, 0.4) is 0 Å². The van der Waals surface area contributed by atoms with Gasteiger partial charge in [0.05, 0.1) is 5.60 Å². The van der Waals surface area contributed by atoms with Gasteiger partial charge in [-0.1, -0.05) is 34.6 Å². The largest absolute Gasteiger partial charge is 0.389 e. The number of hydrogen-bond acceptors (Lipinski definition) is 1. The second-order valence-corrected chi connectivity index (χ2v) is 5.23. The van der Waals surface area contributed by atoms with E-state index in [1.165, 1.54) is 0 Å². The van der Waals surface area contributed by atoms with E-state index in [0.717, 1.165) is 6.42 Å². The highest BCUT2D eigenvalue weighted by atomic mass is 16.3. The maximum atomic E-state index is 10.1. The Balaban J connectivity index is 2.63. The van der Waals surface area contributed by atoms with Gasteiger partial charge < -0.3 is 5.11 Å². The molecule has 0 aromatic heterocycles. The van der Waals surface area contributed by atoms with Crippen molar-refractivity contribution in [3.8, 4) is 0 Å². The molecule has 0 aromatic rings. The first-order chi connectivity index (χ1) is 4.79. The Bertz CT molecular complexity index is 155. The van der Waals surface area contributed by atoms with E-state index in [2.05, 4.69) is 34.6 Å². The van der Waals surface area contributed by atoms with Crippen molar-refractivity contribution in [2.45, 2.75) is 46.6 Å². The molecular weight excluding hydrogens is 136 g/mol. The van der Waals surface area contributed by atoms with E-state index >= 15 is 0 Å². The lowest BCUT2D eigenvalue weighted by atomic mass is 9.83. The van der Waals surface area contributed by atoms with E-state index in [1.807, 2.05) is 0 Å². The van der Waals surface area contributed by atoms with Crippen molar-refractivity contribution in [2.75, 3.05) is 0 Å². The zero-order valence-electron chi connectivity index (χ0n) is 8.31. The fourth-order valence-electron chi connectivity index (χ4n) is 1.93. The van der Waals surface area contributed by atoms with Crippen LogP contribution in [0, 0.1) is 17.3 Å². The van der Waals surface area contributed by atoms with Crippen LogP contribution in [0.4, 0.5) is 0 Å². The summed E-state index contributed by atoms with van der Waals surface area (Å²) in [5.41, 5.74) is -0.316. The summed E-state index contributed by atoms with van der Waals surface area (Å²) in [6.07, 6.45) is 0.994. The van der Waals surface area contributed by atoms with Gasteiger partial charge >= 0.3 is 0 Å². The van der Waals surface area contributed by atoms with Gasteiger partial charge in [0.15, 0.2) is 0 Å². The normalized spacial score (nSPS) is 37.9. The first kappa shape index (κ1) is 9.05. The molecule has 1 fully saturated rings. The van der Waals surface area contributed by atoms with Crippen LogP contribution in [0.5, 0.6) is 0 Å². The molecule has 2 atom stereocenters. The summed E-state index contributed by atoms with van der Waals surface area (Å²) in [5, 5.41) is 10.1. The smallest absolute Gasteiger partial charge is 0.0731 e. The van der Waals surface area contributed by atoms with E-state index < -0.39 is 0 Å². The Kier molecular flexibility index (Phi) is 1.83. The maximum absolute atomic E-state index is 10.1. The highest BCUT2D eigenvalue weighted by molar-refractivity contribution is 5.11. The molecule has 1 aliphatic rings. The van der Waals surface area contributed by atoms with Gasteiger partial charge in [-0.05, 0) is 23.7 Å². The molecule has 0 aromatic carbocycles. The summed E-state index contributed by atoms with van der Waals surface area (Å²) in [5.74, 6) is 1.15. The molecule has 0 radical (unpaired) electrons. The Hall–Kier alpha value is -0.0400. The first-order valence-corrected chi connectivity index (χ1v) is 4.51. The average molecular weight is 156 g/mol. The molecule has 0 spiro atoms. The summed E-state index contributed by atoms with van der Waals surface area (Å²) in [4.78, 5) is 0. The van der Waals surface area contributed by atoms with Crippen LogP contribution in [0.1, 0.15) is 41.0 Å². The number of rotatable bonds is 1. The highest BCUT2D eigenvalue weighted by Crippen LogP contribution is 2.57. The first-order valence-electron chi connectivity index (χ1n) is 4.51. The van der Waals surface area contributed by atoms with Crippen LogP contribution in [0.2, 0.25) is 0 Å². The third kappa shape index (κ3) is 1.31. The second-order valence-electron chi connectivity index (χ2n) is 5.23. The second kappa shape index (κ2) is 2.22. The van der Waals surface area contributed by atoms with Gasteiger partial charge in [0, 0.05) is 0 Å². The Morgan fingerprint density at radius 2 is 1.82 bits per heavy atom. The molecule has 1 aliphatic carbocycles. The van der Waals surface area contributed by atoms with E-state index in [0.29, 0.717) is 11.8 Å². The van der Waals surface area contributed by atoms with Crippen LogP contribution < -0.4 is 0 Å². The molecule has 1 saturated carbocycles. The lowest BCUT2D eigenvalue weighted by Gasteiger charge is -2.28. The predicted octanol–water partition coefficient (Wildman–Crippen LogP) is 2.44. The van der Waals surface area contributed by atoms with Gasteiger partial charge in [0.25, 0.3) is 0 Å². The van der Waals surface area contributed by atoms with Crippen molar-refractivity contribution in [1.29, 1.82) is 0 Å². The minimum atomic E-state index is -0.374. The number of aliphatic hydroxyl groups is 1. The van der Waals surface area contributed by atoms with E-state index in [4.69, 9.17) is 0 Å². The molecule has 11 heavy (non-hydrogen) atoms. The fourth-order valence-corrected chi connectivity index (χ4v) is 1.93. The molecule has 66 valence electrons. The fraction of sp³-hybridized carbons (Fsp3) is 1.00. The maximum Gasteiger partial charge on any atom is 0.0731 e. The zero-order valence-corrected chi connectivity index (χ0v) is 8.31. The summed E-state index contributed by atoms with van der Waals surface area (Å²) in [7, 11) is 0. The lowest BCUT2D eigenvalue weighted by Crippen LogP contribution is -2.31. The van der Waals surface area contributed by atoms with Gasteiger partial charge in [-0.15, -0.1) is 0 Å². The lowest BCUT2D eigenvalue weighted by molar-refractivity contribution is 0.0151. The van der Waals surface area contributed by atoms with Crippen molar-refractivity contribution in [1.82, 2.24) is 0 Å². The monoisotopic (exact) mass is 156 g/mol. The third-order valence-corrected chi connectivity index (χ3v) is 3.09. The predicted molar refractivity (Wildman–Crippen MR) is 47.3 cm³/mol. The van der Waals surface area contributed by atoms with Gasteiger partial charge in [-0.3, -0.25) is 0 Å². The number of hydrogen-bond donors (Lipinski definition) is 1. The highest BCUT2D eigenvalue weighted by Gasteiger charge is 2.60. The van der Waals surface area contributed by atoms with Crippen molar-refractivity contribution in [3.63, 3.8) is 0 Å². The van der Waals surface area contributed by atoms with Gasteiger partial charge in [-0.2, -0.15) is 0 Å². The van der Waals surface area contributed by atoms with E-state index in [9.17, 15) is 5.11 Å². The quantitative estimate of drug-likeness (QED) is 0.618. The molecule has 0 bridgehead atoms. The van der Waals surface area contributed by atoms with Crippen molar-refractivity contribution >= 4 is 0 Å². The standard InChI is InChI=1S/C10H20O/c1-7(2)8-6-10(8,11)9(3,4)5/h7-8,11H,6H2,1-5H3/t8-,10+/m0/s1. The summed E-state index contributed by atoms with van der Waals surface area (Å²) < 4.78 is 0. The molecule has 1 heteroatoms. The summed E-state index contributed by atoms with van der Waals surface area (Å²) in [6.45, 7) is 10.7. The van der Waals surface area contributed by atoms with Gasteiger partial charge in [0.2, 0.25) is 0 Å². The van der Waals surface area contributed by atoms with Gasteiger partial charge in [-0.25, -0.2) is 0 Å². The third-order valence-electron chi connectivity index (χ3n) is 3.09. The Morgan fingerprint density at radius 3 is 1.91 bits per heavy atom. The van der Waals surface area contributed by atoms with E-state index in [-0.39, 0.29) is 11.0 Å². The minimum Gasteiger partial charge on any atom is -0.389 e. The van der Waals surface area contributed by atoms with Crippen LogP contribution in [0.15, 0.2) is 0 Å². The topological polar surface area (TPSA) is 20.2 Å². The Morgan fingerprint density at radius 1 is 1.36 bits per heavy atom. The zero-order chi connectivity index (χ0) is 8.86. The molecule has 1 rings (SSSR count). The van der Waals surface area contributed by atoms with Crippen molar-refractivity contribution in [3.05, 3.63) is 0 Å². The summed E-state index contributed by atoms with van der Waals surface area (Å²) in [6, 6.07) is 0. The molecule has 0 heterocycles. The molecule has 0 aliphatic heterocycles. The summed E-state index contributed by atoms with van der Waals surface area (Å²) >= 11 is 0. The average Bonchev–Trinajstić information content (AvgIpc) is 2.40. The molecule has 1 N–H and O–H groups in total. The molecule has 0 saturated heterocycles. The van der Waals surface area contributed by atoms with Crippen LogP contribution in [-0.4, -0.2) is 10.7 Å². The molecular formula is C10H20O. The Labute approximate surface area is 69.8 Å². The van der Waals surface area contributed by atoms with Gasteiger partial charge in [0.1, 0.15) is 0 Å². The molecule has 1 nitrogen and oxygen atoms in total. The van der Waals surface area contributed by atoms with Crippen molar-refractivity contribution < 1.29 is 5.11 Å². The van der Waals surface area contributed by atoms with Crippen LogP contribution >= 0.6 is 0 Å². The minimum absolute atomic E-state index is 0.0575. The van der Waals surface area contributed by atoms with Crippen molar-refractivity contribution in [2.24, 2.45) is 17.3 Å². The van der Waals surface area contributed by atoms with Crippen LogP contribution in [-0.2, 0) is 0 Å². The molecule has 0 amide bonds. The molecule has 0 unspecified atom stereocenters.